The van der Waals surface area contributed by atoms with Crippen molar-refractivity contribution in [3.8, 4) is 5.75 Å². The van der Waals surface area contributed by atoms with Gasteiger partial charge in [0, 0.05) is 25.0 Å². The van der Waals surface area contributed by atoms with Gasteiger partial charge in [0.2, 0.25) is 0 Å². The van der Waals surface area contributed by atoms with Crippen LogP contribution in [0.25, 0.3) is 11.0 Å². The molecule has 1 aromatic carbocycles. The summed E-state index contributed by atoms with van der Waals surface area (Å²) in [6.07, 6.45) is 1.22. The van der Waals surface area contributed by atoms with Crippen LogP contribution in [0.3, 0.4) is 0 Å². The molecule has 1 atom stereocenters. The normalized spacial score (nSPS) is 15.7. The Kier molecular flexibility index (Phi) is 4.46. The fourth-order valence-electron chi connectivity index (χ4n) is 3.16. The Balaban J connectivity index is 1.49. The fourth-order valence-corrected chi connectivity index (χ4v) is 3.87. The zero-order valence-electron chi connectivity index (χ0n) is 14.0. The van der Waals surface area contributed by atoms with Crippen LogP contribution in [-0.2, 0) is 0 Å². The molecule has 25 heavy (non-hydrogen) atoms. The minimum Gasteiger partial charge on any atom is -0.493 e. The highest BCUT2D eigenvalue weighted by Crippen LogP contribution is 2.29. The van der Waals surface area contributed by atoms with E-state index in [2.05, 4.69) is 27.0 Å². The van der Waals surface area contributed by atoms with Crippen molar-refractivity contribution in [2.24, 2.45) is 0 Å². The van der Waals surface area contributed by atoms with Gasteiger partial charge in [-0.3, -0.25) is 9.69 Å². The molecule has 0 bridgehead atoms. The van der Waals surface area contributed by atoms with E-state index < -0.39 is 0 Å². The minimum absolute atomic E-state index is 0.195. The number of carbonyl (C=O) groups is 1. The summed E-state index contributed by atoms with van der Waals surface area (Å²) in [5.41, 5.74) is 1.86. The topological polar surface area (TPSA) is 54.7 Å². The third-order valence-electron chi connectivity index (χ3n) is 4.67. The molecule has 1 amide bonds. The van der Waals surface area contributed by atoms with Gasteiger partial charge in [-0.25, -0.2) is 0 Å². The smallest absolute Gasteiger partial charge is 0.287 e. The van der Waals surface area contributed by atoms with Gasteiger partial charge in [-0.05, 0) is 40.9 Å². The van der Waals surface area contributed by atoms with Crippen molar-refractivity contribution >= 4 is 28.2 Å². The SMILES string of the molecule is COc1cccc2cc(C(=O)NC[C@@H](c3ccsc3)N3CCC3)oc12. The highest BCUT2D eigenvalue weighted by atomic mass is 32.1. The fraction of sp³-hybridized carbons (Fsp3) is 0.316. The lowest BCUT2D eigenvalue weighted by Crippen LogP contribution is -2.44. The van der Waals surface area contributed by atoms with Crippen LogP contribution in [0, 0.1) is 0 Å². The maximum Gasteiger partial charge on any atom is 0.287 e. The van der Waals surface area contributed by atoms with Crippen LogP contribution in [-0.4, -0.2) is 37.6 Å². The van der Waals surface area contributed by atoms with Crippen molar-refractivity contribution < 1.29 is 13.9 Å². The summed E-state index contributed by atoms with van der Waals surface area (Å²) in [5.74, 6) is 0.750. The van der Waals surface area contributed by atoms with Gasteiger partial charge in [-0.1, -0.05) is 12.1 Å². The molecule has 0 radical (unpaired) electrons. The molecule has 0 unspecified atom stereocenters. The zero-order valence-corrected chi connectivity index (χ0v) is 14.8. The van der Waals surface area contributed by atoms with Crippen molar-refractivity contribution in [2.75, 3.05) is 26.7 Å². The number of benzene rings is 1. The Labute approximate surface area is 150 Å². The van der Waals surface area contributed by atoms with E-state index in [1.165, 1.54) is 12.0 Å². The first-order chi connectivity index (χ1) is 12.3. The molecule has 0 spiro atoms. The van der Waals surface area contributed by atoms with E-state index in [0.717, 1.165) is 18.5 Å². The molecule has 5 nitrogen and oxygen atoms in total. The summed E-state index contributed by atoms with van der Waals surface area (Å²) in [7, 11) is 1.59. The number of rotatable bonds is 6. The standard InChI is InChI=1S/C19H20N2O3S/c1-23-16-5-2-4-13-10-17(24-18(13)16)19(22)20-11-15(21-7-3-8-21)14-6-9-25-12-14/h2,4-6,9-10,12,15H,3,7-8,11H2,1H3,(H,20,22)/t15-/m0/s1. The summed E-state index contributed by atoms with van der Waals surface area (Å²) in [6, 6.07) is 9.73. The molecular formula is C19H20N2O3S. The molecular weight excluding hydrogens is 336 g/mol. The highest BCUT2D eigenvalue weighted by molar-refractivity contribution is 7.07. The maximum absolute atomic E-state index is 12.6. The highest BCUT2D eigenvalue weighted by Gasteiger charge is 2.26. The summed E-state index contributed by atoms with van der Waals surface area (Å²) < 4.78 is 11.0. The van der Waals surface area contributed by atoms with Gasteiger partial charge < -0.3 is 14.5 Å². The lowest BCUT2D eigenvalue weighted by Gasteiger charge is -2.38. The number of methoxy groups -OCH3 is 1. The lowest BCUT2D eigenvalue weighted by atomic mass is 10.0. The van der Waals surface area contributed by atoms with Crippen molar-refractivity contribution in [2.45, 2.75) is 12.5 Å². The Bertz CT molecular complexity index is 868. The van der Waals surface area contributed by atoms with E-state index in [1.54, 1.807) is 24.5 Å². The van der Waals surface area contributed by atoms with Crippen LogP contribution in [0.2, 0.25) is 0 Å². The average Bonchev–Trinajstić information content (AvgIpc) is 3.24. The third kappa shape index (κ3) is 3.15. The Morgan fingerprint density at radius 3 is 2.96 bits per heavy atom. The molecule has 3 heterocycles. The second-order valence-corrected chi connectivity index (χ2v) is 6.94. The predicted octanol–water partition coefficient (Wildman–Crippen LogP) is 3.68. The molecule has 0 aliphatic carbocycles. The first kappa shape index (κ1) is 16.2. The minimum atomic E-state index is -0.195. The number of fused-ring (bicyclic) bond motifs is 1. The summed E-state index contributed by atoms with van der Waals surface area (Å²) in [4.78, 5) is 14.9. The van der Waals surface area contributed by atoms with E-state index in [9.17, 15) is 4.79 Å². The first-order valence-corrected chi connectivity index (χ1v) is 9.31. The molecule has 0 saturated carbocycles. The molecule has 1 saturated heterocycles. The number of nitrogens with one attached hydrogen (secondary N) is 1. The number of hydrogen-bond acceptors (Lipinski definition) is 5. The number of furan rings is 1. The number of thiophene rings is 1. The average molecular weight is 356 g/mol. The number of nitrogens with zero attached hydrogens (tertiary/aromatic N) is 1. The molecule has 1 N–H and O–H groups in total. The number of carbonyl (C=O) groups excluding carboxylic acids is 1. The van der Waals surface area contributed by atoms with Crippen LogP contribution in [0.5, 0.6) is 5.75 Å². The molecule has 3 aromatic rings. The molecule has 1 aliphatic rings. The van der Waals surface area contributed by atoms with Crippen LogP contribution >= 0.6 is 11.3 Å². The van der Waals surface area contributed by atoms with Gasteiger partial charge in [0.05, 0.1) is 13.2 Å². The Morgan fingerprint density at radius 2 is 2.28 bits per heavy atom. The van der Waals surface area contributed by atoms with E-state index in [1.807, 2.05) is 18.2 Å². The summed E-state index contributed by atoms with van der Waals surface area (Å²) >= 11 is 1.69. The molecule has 1 fully saturated rings. The molecule has 4 rings (SSSR count). The van der Waals surface area contributed by atoms with Crippen LogP contribution in [0.15, 0.2) is 45.5 Å². The summed E-state index contributed by atoms with van der Waals surface area (Å²) in [5, 5.41) is 8.12. The Hall–Kier alpha value is -2.31. The van der Waals surface area contributed by atoms with Gasteiger partial charge in [-0.15, -0.1) is 0 Å². The predicted molar refractivity (Wildman–Crippen MR) is 98.3 cm³/mol. The first-order valence-electron chi connectivity index (χ1n) is 8.37. The van der Waals surface area contributed by atoms with Crippen molar-refractivity contribution in [1.29, 1.82) is 0 Å². The van der Waals surface area contributed by atoms with Crippen LogP contribution in [0.1, 0.15) is 28.6 Å². The maximum atomic E-state index is 12.6. The largest absolute Gasteiger partial charge is 0.493 e. The summed E-state index contributed by atoms with van der Waals surface area (Å²) in [6.45, 7) is 2.74. The monoisotopic (exact) mass is 356 g/mol. The van der Waals surface area contributed by atoms with Gasteiger partial charge in [0.25, 0.3) is 5.91 Å². The number of hydrogen-bond donors (Lipinski definition) is 1. The van der Waals surface area contributed by atoms with E-state index in [-0.39, 0.29) is 11.9 Å². The number of likely N-dealkylation sites (tertiary alicyclic amines) is 1. The van der Waals surface area contributed by atoms with E-state index in [4.69, 9.17) is 9.15 Å². The Morgan fingerprint density at radius 1 is 1.40 bits per heavy atom. The number of ether oxygens (including phenoxy) is 1. The van der Waals surface area contributed by atoms with E-state index >= 15 is 0 Å². The van der Waals surface area contributed by atoms with Crippen LogP contribution < -0.4 is 10.1 Å². The number of para-hydroxylation sites is 1. The molecule has 130 valence electrons. The van der Waals surface area contributed by atoms with Crippen molar-refractivity contribution in [1.82, 2.24) is 10.2 Å². The molecule has 1 aliphatic heterocycles. The second kappa shape index (κ2) is 6.90. The van der Waals surface area contributed by atoms with Gasteiger partial charge in [-0.2, -0.15) is 11.3 Å². The van der Waals surface area contributed by atoms with Gasteiger partial charge >= 0.3 is 0 Å². The second-order valence-electron chi connectivity index (χ2n) is 6.16. The quantitative estimate of drug-likeness (QED) is 0.732. The number of amides is 1. The zero-order chi connectivity index (χ0) is 17.2. The third-order valence-corrected chi connectivity index (χ3v) is 5.37. The molecule has 6 heteroatoms. The van der Waals surface area contributed by atoms with Gasteiger partial charge in [0.15, 0.2) is 17.1 Å². The lowest BCUT2D eigenvalue weighted by molar-refractivity contribution is 0.0863. The van der Waals surface area contributed by atoms with Crippen LogP contribution in [0.4, 0.5) is 0 Å². The van der Waals surface area contributed by atoms with Crippen molar-refractivity contribution in [3.63, 3.8) is 0 Å². The molecule has 2 aromatic heterocycles. The van der Waals surface area contributed by atoms with Gasteiger partial charge in [0.1, 0.15) is 0 Å². The van der Waals surface area contributed by atoms with Crippen molar-refractivity contribution in [3.05, 3.63) is 52.4 Å². The van der Waals surface area contributed by atoms with E-state index in [0.29, 0.717) is 23.6 Å².